The molecule has 0 radical (unpaired) electrons. The molecular weight excluding hydrogens is 250 g/mol. The minimum Gasteiger partial charge on any atom is -0.391 e. The second-order valence-electron chi connectivity index (χ2n) is 4.72. The molecule has 1 fully saturated rings. The van der Waals surface area contributed by atoms with Crippen molar-refractivity contribution in [1.82, 2.24) is 9.97 Å². The number of nitrogens with two attached hydrogens (primary N) is 1. The molecule has 0 amide bonds. The Morgan fingerprint density at radius 2 is 2.11 bits per heavy atom. The molecule has 0 aromatic carbocycles. The Kier molecular flexibility index (Phi) is 3.79. The fraction of sp³-hybridized carbons (Fsp3) is 0.636. The molecule has 2 rings (SSSR count). The number of rotatable bonds is 3. The lowest BCUT2D eigenvalue weighted by molar-refractivity contribution is -0.385. The van der Waals surface area contributed by atoms with Gasteiger partial charge in [0, 0.05) is 0 Å². The largest absolute Gasteiger partial charge is 0.391 e. The van der Waals surface area contributed by atoms with Gasteiger partial charge in [0.05, 0.1) is 17.1 Å². The minimum absolute atomic E-state index is 0.0177. The summed E-state index contributed by atoms with van der Waals surface area (Å²) in [5.74, 6) is 0.0665. The maximum atomic E-state index is 11.1. The van der Waals surface area contributed by atoms with E-state index in [0.29, 0.717) is 6.42 Å². The molecule has 104 valence electrons. The smallest absolute Gasteiger partial charge is 0.332 e. The fourth-order valence-electron chi connectivity index (χ4n) is 2.36. The molecule has 1 aliphatic carbocycles. The molecule has 0 saturated heterocycles. The molecule has 2 unspecified atom stereocenters. The molecule has 1 aromatic heterocycles. The normalized spacial score (nSPS) is 23.1. The van der Waals surface area contributed by atoms with Gasteiger partial charge in [-0.25, -0.2) is 4.98 Å². The molecule has 1 aliphatic rings. The van der Waals surface area contributed by atoms with Crippen molar-refractivity contribution in [2.45, 2.75) is 44.8 Å². The van der Waals surface area contributed by atoms with E-state index in [1.165, 1.54) is 6.92 Å². The van der Waals surface area contributed by atoms with Gasteiger partial charge in [0.1, 0.15) is 5.69 Å². The summed E-state index contributed by atoms with van der Waals surface area (Å²) in [7, 11) is 0. The first-order chi connectivity index (χ1) is 8.99. The first kappa shape index (κ1) is 13.5. The quantitative estimate of drug-likeness (QED) is 0.550. The van der Waals surface area contributed by atoms with Crippen LogP contribution in [0.25, 0.3) is 0 Å². The summed E-state index contributed by atoms with van der Waals surface area (Å²) in [6, 6.07) is -0.235. The van der Waals surface area contributed by atoms with Gasteiger partial charge in [0.25, 0.3) is 0 Å². The first-order valence-electron chi connectivity index (χ1n) is 6.22. The lowest BCUT2D eigenvalue weighted by atomic mass is 9.92. The third-order valence-electron chi connectivity index (χ3n) is 3.31. The monoisotopic (exact) mass is 267 g/mol. The van der Waals surface area contributed by atoms with Crippen molar-refractivity contribution < 1.29 is 10.0 Å². The lowest BCUT2D eigenvalue weighted by Crippen LogP contribution is -2.36. The number of nitrogens with zero attached hydrogens (tertiary/aromatic N) is 3. The molecule has 1 heterocycles. The summed E-state index contributed by atoms with van der Waals surface area (Å²) < 4.78 is 0. The van der Waals surface area contributed by atoms with Crippen molar-refractivity contribution in [2.24, 2.45) is 0 Å². The standard InChI is InChI=1S/C11H17N5O3/c1-6-9(16(18)19)10(15-11(12)13-6)14-7-4-2-3-5-8(7)17/h7-8,17H,2-5H2,1H3,(H3,12,13,14,15). The van der Waals surface area contributed by atoms with E-state index in [2.05, 4.69) is 15.3 Å². The van der Waals surface area contributed by atoms with Gasteiger partial charge in [-0.15, -0.1) is 0 Å². The van der Waals surface area contributed by atoms with E-state index in [0.717, 1.165) is 19.3 Å². The molecule has 0 bridgehead atoms. The number of aliphatic hydroxyl groups is 1. The molecular formula is C11H17N5O3. The number of aryl methyl sites for hydroxylation is 1. The second kappa shape index (κ2) is 5.35. The molecule has 0 aliphatic heterocycles. The van der Waals surface area contributed by atoms with Gasteiger partial charge in [-0.2, -0.15) is 4.98 Å². The van der Waals surface area contributed by atoms with E-state index >= 15 is 0 Å². The van der Waals surface area contributed by atoms with Crippen LogP contribution < -0.4 is 11.1 Å². The van der Waals surface area contributed by atoms with E-state index in [9.17, 15) is 15.2 Å². The van der Waals surface area contributed by atoms with Crippen LogP contribution >= 0.6 is 0 Å². The second-order valence-corrected chi connectivity index (χ2v) is 4.72. The minimum atomic E-state index is -0.535. The molecule has 1 saturated carbocycles. The average molecular weight is 267 g/mol. The van der Waals surface area contributed by atoms with Gasteiger partial charge >= 0.3 is 5.69 Å². The highest BCUT2D eigenvalue weighted by Crippen LogP contribution is 2.29. The predicted molar refractivity (Wildman–Crippen MR) is 69.7 cm³/mol. The van der Waals surface area contributed by atoms with Crippen LogP contribution in [0.1, 0.15) is 31.4 Å². The Balaban J connectivity index is 2.30. The summed E-state index contributed by atoms with van der Waals surface area (Å²) in [5.41, 5.74) is 5.55. The van der Waals surface area contributed by atoms with Gasteiger partial charge in [0.15, 0.2) is 0 Å². The summed E-state index contributed by atoms with van der Waals surface area (Å²) in [4.78, 5) is 18.2. The molecule has 8 nitrogen and oxygen atoms in total. The van der Waals surface area contributed by atoms with E-state index in [4.69, 9.17) is 5.73 Å². The molecule has 19 heavy (non-hydrogen) atoms. The SMILES string of the molecule is Cc1nc(N)nc(NC2CCCCC2O)c1[N+](=O)[O-]. The predicted octanol–water partition coefficient (Wildman–Crippen LogP) is 0.991. The number of nitrogens with one attached hydrogen (secondary N) is 1. The Morgan fingerprint density at radius 1 is 1.42 bits per heavy atom. The fourth-order valence-corrected chi connectivity index (χ4v) is 2.36. The summed E-state index contributed by atoms with van der Waals surface area (Å²) in [5, 5.41) is 23.9. The van der Waals surface area contributed by atoms with Crippen molar-refractivity contribution in [3.05, 3.63) is 15.8 Å². The van der Waals surface area contributed by atoms with E-state index in [-0.39, 0.29) is 29.2 Å². The highest BCUT2D eigenvalue weighted by molar-refractivity contribution is 5.60. The molecule has 2 atom stereocenters. The number of aliphatic hydroxyl groups excluding tert-OH is 1. The Labute approximate surface area is 110 Å². The van der Waals surface area contributed by atoms with Crippen LogP contribution in [0.5, 0.6) is 0 Å². The number of aromatic nitrogens is 2. The maximum absolute atomic E-state index is 11.1. The summed E-state index contributed by atoms with van der Waals surface area (Å²) >= 11 is 0. The van der Waals surface area contributed by atoms with Crippen LogP contribution in [0.4, 0.5) is 17.5 Å². The van der Waals surface area contributed by atoms with Gasteiger partial charge < -0.3 is 16.2 Å². The van der Waals surface area contributed by atoms with Gasteiger partial charge in [-0.3, -0.25) is 10.1 Å². The van der Waals surface area contributed by atoms with E-state index < -0.39 is 11.0 Å². The third kappa shape index (κ3) is 2.90. The molecule has 1 aromatic rings. The van der Waals surface area contributed by atoms with Crippen molar-refractivity contribution in [3.63, 3.8) is 0 Å². The van der Waals surface area contributed by atoms with Gasteiger partial charge in [-0.1, -0.05) is 12.8 Å². The number of nitrogen functional groups attached to an aromatic ring is 1. The number of hydrogen-bond acceptors (Lipinski definition) is 7. The number of nitro groups is 1. The molecule has 0 spiro atoms. The third-order valence-corrected chi connectivity index (χ3v) is 3.31. The zero-order chi connectivity index (χ0) is 14.0. The lowest BCUT2D eigenvalue weighted by Gasteiger charge is -2.28. The topological polar surface area (TPSA) is 127 Å². The Bertz CT molecular complexity index is 493. The Hall–Kier alpha value is -1.96. The number of hydrogen-bond donors (Lipinski definition) is 3. The molecule has 8 heteroatoms. The van der Waals surface area contributed by atoms with Crippen LogP contribution in [0, 0.1) is 17.0 Å². The van der Waals surface area contributed by atoms with Gasteiger partial charge in [-0.05, 0) is 19.8 Å². The van der Waals surface area contributed by atoms with Gasteiger partial charge in [0.2, 0.25) is 11.8 Å². The van der Waals surface area contributed by atoms with Crippen molar-refractivity contribution in [3.8, 4) is 0 Å². The first-order valence-corrected chi connectivity index (χ1v) is 6.22. The van der Waals surface area contributed by atoms with Crippen molar-refractivity contribution >= 4 is 17.5 Å². The summed E-state index contributed by atoms with van der Waals surface area (Å²) in [6.07, 6.45) is 2.85. The van der Waals surface area contributed by atoms with Crippen LogP contribution in [0.15, 0.2) is 0 Å². The van der Waals surface area contributed by atoms with Crippen molar-refractivity contribution in [2.75, 3.05) is 11.1 Å². The van der Waals surface area contributed by atoms with Crippen LogP contribution in [-0.4, -0.2) is 32.1 Å². The average Bonchev–Trinajstić information content (AvgIpc) is 2.30. The molecule has 4 N–H and O–H groups in total. The van der Waals surface area contributed by atoms with Crippen molar-refractivity contribution in [1.29, 1.82) is 0 Å². The van der Waals surface area contributed by atoms with Crippen LogP contribution in [0.2, 0.25) is 0 Å². The van der Waals surface area contributed by atoms with Crippen LogP contribution in [0.3, 0.4) is 0 Å². The maximum Gasteiger partial charge on any atom is 0.332 e. The Morgan fingerprint density at radius 3 is 2.74 bits per heavy atom. The number of anilines is 2. The summed E-state index contributed by atoms with van der Waals surface area (Å²) in [6.45, 7) is 1.51. The zero-order valence-electron chi connectivity index (χ0n) is 10.7. The van der Waals surface area contributed by atoms with E-state index in [1.54, 1.807) is 0 Å². The van der Waals surface area contributed by atoms with E-state index in [1.807, 2.05) is 0 Å². The zero-order valence-corrected chi connectivity index (χ0v) is 10.7. The highest BCUT2D eigenvalue weighted by atomic mass is 16.6. The van der Waals surface area contributed by atoms with Crippen LogP contribution in [-0.2, 0) is 0 Å². The highest BCUT2D eigenvalue weighted by Gasteiger charge is 2.28.